The molecule has 1 aromatic heterocycles. The van der Waals surface area contributed by atoms with E-state index in [1.165, 1.54) is 0 Å². The second kappa shape index (κ2) is 4.47. The predicted molar refractivity (Wildman–Crippen MR) is 51.7 cm³/mol. The number of hydrogen-bond acceptors (Lipinski definition) is 4. The number of anilines is 1. The van der Waals surface area contributed by atoms with Gasteiger partial charge in [0.1, 0.15) is 5.75 Å². The van der Waals surface area contributed by atoms with Gasteiger partial charge >= 0.3 is 12.3 Å². The molecule has 1 aromatic rings. The molecule has 0 saturated heterocycles. The van der Waals surface area contributed by atoms with Crippen molar-refractivity contribution < 1.29 is 26.0 Å². The Bertz CT molecular complexity index is 504. The summed E-state index contributed by atoms with van der Waals surface area (Å²) in [5.74, 6) is -6.61. The Hall–Kier alpha value is -1.38. The molecule has 0 aliphatic carbocycles. The fourth-order valence-electron chi connectivity index (χ4n) is 1.07. The van der Waals surface area contributed by atoms with Gasteiger partial charge in [-0.15, -0.1) is 0 Å². The molecule has 0 unspecified atom stereocenters. The highest BCUT2D eigenvalue weighted by molar-refractivity contribution is 7.91. The summed E-state index contributed by atoms with van der Waals surface area (Å²) in [5.41, 5.74) is 4.86. The van der Waals surface area contributed by atoms with E-state index >= 15 is 0 Å². The average Bonchev–Trinajstić information content (AvgIpc) is 2.16. The molecule has 2 N–H and O–H groups in total. The maximum absolute atomic E-state index is 12.7. The maximum Gasteiger partial charge on any atom is 0.321 e. The molecule has 0 aliphatic rings. The van der Waals surface area contributed by atoms with Crippen LogP contribution in [0.1, 0.15) is 0 Å². The summed E-state index contributed by atoms with van der Waals surface area (Å²) in [6, 6.07) is 0.881. The number of halogens is 4. The van der Waals surface area contributed by atoms with E-state index in [2.05, 4.69) is 4.98 Å². The van der Waals surface area contributed by atoms with Crippen LogP contribution in [-0.4, -0.2) is 31.5 Å². The SMILES string of the molecule is Nc1cnccc1S(=O)(=O)CC(F)(F)C(F)F. The van der Waals surface area contributed by atoms with Gasteiger partial charge in [-0.25, -0.2) is 17.2 Å². The lowest BCUT2D eigenvalue weighted by molar-refractivity contribution is -0.110. The van der Waals surface area contributed by atoms with Crippen molar-refractivity contribution in [1.82, 2.24) is 4.98 Å². The molecule has 9 heteroatoms. The van der Waals surface area contributed by atoms with Gasteiger partial charge in [0.15, 0.2) is 9.84 Å². The second-order valence-corrected chi connectivity index (χ2v) is 5.19. The molecule has 1 heterocycles. The molecule has 0 aliphatic heterocycles. The zero-order valence-electron chi connectivity index (χ0n) is 8.28. The van der Waals surface area contributed by atoms with E-state index in [1.54, 1.807) is 0 Å². The van der Waals surface area contributed by atoms with Crippen LogP contribution in [0.4, 0.5) is 23.2 Å². The quantitative estimate of drug-likeness (QED) is 0.839. The van der Waals surface area contributed by atoms with Crippen LogP contribution in [0.2, 0.25) is 0 Å². The molecule has 0 spiro atoms. The van der Waals surface area contributed by atoms with E-state index in [0.29, 0.717) is 0 Å². The molecule has 0 saturated carbocycles. The Morgan fingerprint density at radius 3 is 2.47 bits per heavy atom. The number of hydrogen-bond donors (Lipinski definition) is 1. The van der Waals surface area contributed by atoms with Crippen molar-refractivity contribution in [2.24, 2.45) is 0 Å². The highest BCUT2D eigenvalue weighted by Crippen LogP contribution is 2.28. The Morgan fingerprint density at radius 1 is 1.41 bits per heavy atom. The summed E-state index contributed by atoms with van der Waals surface area (Å²) in [7, 11) is -4.59. The predicted octanol–water partition coefficient (Wildman–Crippen LogP) is 1.34. The molecule has 0 fully saturated rings. The number of pyridine rings is 1. The number of sulfone groups is 1. The number of aromatic nitrogens is 1. The van der Waals surface area contributed by atoms with Crippen LogP contribution in [-0.2, 0) is 9.84 Å². The van der Waals surface area contributed by atoms with Crippen LogP contribution in [0, 0.1) is 0 Å². The average molecular weight is 272 g/mol. The molecule has 0 atom stereocenters. The van der Waals surface area contributed by atoms with E-state index in [0.717, 1.165) is 18.5 Å². The lowest BCUT2D eigenvalue weighted by Crippen LogP contribution is -2.35. The number of nitrogens with two attached hydrogens (primary N) is 1. The van der Waals surface area contributed by atoms with E-state index < -0.39 is 32.8 Å². The first-order valence-electron chi connectivity index (χ1n) is 4.25. The Kier molecular flexibility index (Phi) is 3.60. The van der Waals surface area contributed by atoms with Crippen molar-refractivity contribution >= 4 is 15.5 Å². The molecule has 1 rings (SSSR count). The third-order valence-electron chi connectivity index (χ3n) is 1.85. The molecular formula is C8H8F4N2O2S. The zero-order chi connectivity index (χ0) is 13.3. The van der Waals surface area contributed by atoms with Gasteiger partial charge in [0.2, 0.25) is 0 Å². The third kappa shape index (κ3) is 3.05. The number of nitrogen functional groups attached to an aromatic ring is 1. The van der Waals surface area contributed by atoms with Crippen molar-refractivity contribution in [2.45, 2.75) is 17.2 Å². The van der Waals surface area contributed by atoms with E-state index in [9.17, 15) is 26.0 Å². The largest absolute Gasteiger partial charge is 0.396 e. The summed E-state index contributed by atoms with van der Waals surface area (Å²) in [5, 5.41) is 0. The highest BCUT2D eigenvalue weighted by Gasteiger charge is 2.45. The molecule has 0 amide bonds. The number of alkyl halides is 4. The van der Waals surface area contributed by atoms with E-state index in [-0.39, 0.29) is 5.69 Å². The van der Waals surface area contributed by atoms with Gasteiger partial charge < -0.3 is 5.73 Å². The zero-order valence-corrected chi connectivity index (χ0v) is 9.09. The van der Waals surface area contributed by atoms with Crippen LogP contribution < -0.4 is 5.73 Å². The minimum atomic E-state index is -4.62. The summed E-state index contributed by atoms with van der Waals surface area (Å²) >= 11 is 0. The number of rotatable bonds is 4. The van der Waals surface area contributed by atoms with Gasteiger partial charge in [-0.05, 0) is 6.07 Å². The first-order chi connectivity index (χ1) is 7.67. The fourth-order valence-corrected chi connectivity index (χ4v) is 2.54. The molecule has 4 nitrogen and oxygen atoms in total. The van der Waals surface area contributed by atoms with Crippen LogP contribution in [0.15, 0.2) is 23.4 Å². The highest BCUT2D eigenvalue weighted by atomic mass is 32.2. The van der Waals surface area contributed by atoms with E-state index in [1.807, 2.05) is 0 Å². The first-order valence-corrected chi connectivity index (χ1v) is 5.90. The summed E-state index contributed by atoms with van der Waals surface area (Å²) in [6.07, 6.45) is -2.10. The van der Waals surface area contributed by atoms with Gasteiger partial charge in [-0.3, -0.25) is 4.98 Å². The summed E-state index contributed by atoms with van der Waals surface area (Å²) in [6.45, 7) is 0. The van der Waals surface area contributed by atoms with Crippen molar-refractivity contribution in [3.8, 4) is 0 Å². The second-order valence-electron chi connectivity index (χ2n) is 3.23. The van der Waals surface area contributed by atoms with Gasteiger partial charge in [0, 0.05) is 6.20 Å². The van der Waals surface area contributed by atoms with Crippen molar-refractivity contribution in [2.75, 3.05) is 11.5 Å². The Balaban J connectivity index is 3.11. The van der Waals surface area contributed by atoms with E-state index in [4.69, 9.17) is 5.73 Å². The van der Waals surface area contributed by atoms with Crippen molar-refractivity contribution in [3.05, 3.63) is 18.5 Å². The van der Waals surface area contributed by atoms with Gasteiger partial charge in [-0.1, -0.05) is 0 Å². The smallest absolute Gasteiger partial charge is 0.321 e. The minimum absolute atomic E-state index is 0.363. The topological polar surface area (TPSA) is 73.0 Å². The van der Waals surface area contributed by atoms with Gasteiger partial charge in [0.05, 0.1) is 16.8 Å². The lowest BCUT2D eigenvalue weighted by atomic mass is 10.4. The lowest BCUT2D eigenvalue weighted by Gasteiger charge is -2.15. The minimum Gasteiger partial charge on any atom is -0.396 e. The monoisotopic (exact) mass is 272 g/mol. The number of nitrogens with zero attached hydrogens (tertiary/aromatic N) is 1. The Labute approximate surface area is 94.4 Å². The van der Waals surface area contributed by atoms with Crippen LogP contribution in [0.3, 0.4) is 0 Å². The molecule has 17 heavy (non-hydrogen) atoms. The Morgan fingerprint density at radius 2 is 2.00 bits per heavy atom. The molecular weight excluding hydrogens is 264 g/mol. The molecule has 96 valence electrons. The van der Waals surface area contributed by atoms with Crippen LogP contribution >= 0.6 is 0 Å². The summed E-state index contributed by atoms with van der Waals surface area (Å²) in [4.78, 5) is 2.83. The fraction of sp³-hybridized carbons (Fsp3) is 0.375. The normalized spacial score (nSPS) is 13.0. The van der Waals surface area contributed by atoms with Crippen LogP contribution in [0.5, 0.6) is 0 Å². The van der Waals surface area contributed by atoms with Gasteiger partial charge in [-0.2, -0.15) is 8.78 Å². The third-order valence-corrected chi connectivity index (χ3v) is 3.65. The summed E-state index contributed by atoms with van der Waals surface area (Å²) < 4.78 is 72.1. The first kappa shape index (κ1) is 13.7. The van der Waals surface area contributed by atoms with Crippen molar-refractivity contribution in [3.63, 3.8) is 0 Å². The molecule has 0 aromatic carbocycles. The van der Waals surface area contributed by atoms with Crippen LogP contribution in [0.25, 0.3) is 0 Å². The van der Waals surface area contributed by atoms with Crippen molar-refractivity contribution in [1.29, 1.82) is 0 Å². The molecule has 0 radical (unpaired) electrons. The standard InChI is InChI=1S/C8H8F4N2O2S/c9-7(10)8(11,12)4-17(15,16)6-1-2-14-3-5(6)13/h1-3,7H,4,13H2. The maximum atomic E-state index is 12.7. The van der Waals surface area contributed by atoms with Gasteiger partial charge in [0.25, 0.3) is 0 Å². The molecule has 0 bridgehead atoms.